The third kappa shape index (κ3) is 5.94. The van der Waals surface area contributed by atoms with E-state index < -0.39 is 4.92 Å². The van der Waals surface area contributed by atoms with Crippen LogP contribution >= 0.6 is 15.9 Å². The second-order valence-electron chi connectivity index (χ2n) is 7.07. The van der Waals surface area contributed by atoms with E-state index in [0.717, 1.165) is 10.2 Å². The molecule has 0 aliphatic carbocycles. The summed E-state index contributed by atoms with van der Waals surface area (Å²) >= 11 is 3.45. The van der Waals surface area contributed by atoms with Gasteiger partial charge in [-0.25, -0.2) is 5.43 Å². The van der Waals surface area contributed by atoms with Gasteiger partial charge in [-0.3, -0.25) is 10.1 Å². The number of nitro benzene ring substituents is 1. The fraction of sp³-hybridized carbons (Fsp3) is 0.238. The summed E-state index contributed by atoms with van der Waals surface area (Å²) in [5, 5.41) is 18.4. The van der Waals surface area contributed by atoms with E-state index in [4.69, 9.17) is 9.47 Å². The minimum atomic E-state index is -0.481. The van der Waals surface area contributed by atoms with Gasteiger partial charge in [-0.2, -0.15) is 20.1 Å². The van der Waals surface area contributed by atoms with Crippen molar-refractivity contribution in [3.05, 3.63) is 62.6 Å². The fourth-order valence-electron chi connectivity index (χ4n) is 3.17. The normalized spacial score (nSPS) is 13.6. The third-order valence-electron chi connectivity index (χ3n) is 4.79. The van der Waals surface area contributed by atoms with Crippen LogP contribution in [-0.4, -0.2) is 59.5 Å². The van der Waals surface area contributed by atoms with Crippen molar-refractivity contribution in [1.82, 2.24) is 15.0 Å². The molecule has 0 saturated carbocycles. The number of ether oxygens (including phenoxy) is 2. The monoisotopic (exact) mass is 528 g/mol. The van der Waals surface area contributed by atoms with E-state index in [2.05, 4.69) is 46.7 Å². The predicted molar refractivity (Wildman–Crippen MR) is 131 cm³/mol. The van der Waals surface area contributed by atoms with Crippen LogP contribution in [0.3, 0.4) is 0 Å². The number of hydrazone groups is 1. The number of halogens is 1. The number of aromatic nitrogens is 3. The van der Waals surface area contributed by atoms with Crippen molar-refractivity contribution in [3.63, 3.8) is 0 Å². The van der Waals surface area contributed by atoms with Gasteiger partial charge in [0.2, 0.25) is 17.8 Å². The zero-order chi connectivity index (χ0) is 23.9. The molecule has 1 saturated heterocycles. The lowest BCUT2D eigenvalue weighted by Gasteiger charge is -2.27. The van der Waals surface area contributed by atoms with Crippen LogP contribution in [0.25, 0.3) is 0 Å². The van der Waals surface area contributed by atoms with Crippen LogP contribution in [0.1, 0.15) is 5.56 Å². The van der Waals surface area contributed by atoms with E-state index >= 15 is 0 Å². The second-order valence-corrected chi connectivity index (χ2v) is 7.99. The van der Waals surface area contributed by atoms with Crippen molar-refractivity contribution in [2.45, 2.75) is 0 Å². The summed E-state index contributed by atoms with van der Waals surface area (Å²) in [6.45, 7) is 2.45. The molecule has 34 heavy (non-hydrogen) atoms. The number of nitrogens with one attached hydrogen (secondary N) is 2. The van der Waals surface area contributed by atoms with Crippen LogP contribution < -0.4 is 20.4 Å². The highest BCUT2D eigenvalue weighted by Gasteiger charge is 2.17. The van der Waals surface area contributed by atoms with E-state index in [9.17, 15) is 10.1 Å². The molecular formula is C21H21BrN8O4. The molecule has 1 aromatic heterocycles. The molecule has 1 aliphatic rings. The molecule has 0 unspecified atom stereocenters. The van der Waals surface area contributed by atoms with Crippen LogP contribution in [-0.2, 0) is 4.74 Å². The summed E-state index contributed by atoms with van der Waals surface area (Å²) < 4.78 is 11.6. The van der Waals surface area contributed by atoms with Gasteiger partial charge in [0.15, 0.2) is 0 Å². The molecule has 4 rings (SSSR count). The maximum atomic E-state index is 11.1. The lowest BCUT2D eigenvalue weighted by molar-refractivity contribution is -0.384. The summed E-state index contributed by atoms with van der Waals surface area (Å²) in [6.07, 6.45) is 1.41. The maximum absolute atomic E-state index is 11.1. The van der Waals surface area contributed by atoms with Crippen molar-refractivity contribution in [3.8, 4) is 5.75 Å². The lowest BCUT2D eigenvalue weighted by atomic mass is 10.2. The first-order valence-electron chi connectivity index (χ1n) is 10.2. The molecule has 0 bridgehead atoms. The van der Waals surface area contributed by atoms with Crippen LogP contribution in [0.4, 0.5) is 29.2 Å². The average molecular weight is 529 g/mol. The van der Waals surface area contributed by atoms with E-state index in [1.807, 2.05) is 29.2 Å². The minimum absolute atomic E-state index is 0.0717. The van der Waals surface area contributed by atoms with E-state index in [1.165, 1.54) is 31.5 Å². The smallest absolute Gasteiger partial charge is 0.270 e. The molecule has 3 aromatic rings. The average Bonchev–Trinajstić information content (AvgIpc) is 2.84. The summed E-state index contributed by atoms with van der Waals surface area (Å²) in [5.74, 6) is 1.45. The number of hydrogen-bond donors (Lipinski definition) is 2. The number of anilines is 4. The Balaban J connectivity index is 1.60. The first-order chi connectivity index (χ1) is 16.5. The first-order valence-corrected chi connectivity index (χ1v) is 11.0. The van der Waals surface area contributed by atoms with Gasteiger partial charge in [0, 0.05) is 40.9 Å². The molecule has 0 atom stereocenters. The number of morpholine rings is 1. The first kappa shape index (κ1) is 23.3. The number of benzene rings is 2. The van der Waals surface area contributed by atoms with Crippen molar-refractivity contribution in [2.75, 3.05) is 49.1 Å². The van der Waals surface area contributed by atoms with Crippen molar-refractivity contribution >= 4 is 51.4 Å². The summed E-state index contributed by atoms with van der Waals surface area (Å²) in [7, 11) is 1.48. The van der Waals surface area contributed by atoms with Gasteiger partial charge in [-0.1, -0.05) is 22.0 Å². The molecule has 2 N–H and O–H groups in total. The maximum Gasteiger partial charge on any atom is 0.270 e. The van der Waals surface area contributed by atoms with Crippen molar-refractivity contribution in [2.24, 2.45) is 5.10 Å². The van der Waals surface area contributed by atoms with Crippen LogP contribution in [0.5, 0.6) is 5.75 Å². The van der Waals surface area contributed by atoms with Crippen molar-refractivity contribution < 1.29 is 14.4 Å². The molecule has 0 amide bonds. The number of nitrogens with zero attached hydrogens (tertiary/aromatic N) is 6. The van der Waals surface area contributed by atoms with Gasteiger partial charge < -0.3 is 19.7 Å². The van der Waals surface area contributed by atoms with Gasteiger partial charge in [0.25, 0.3) is 5.69 Å². The van der Waals surface area contributed by atoms with Gasteiger partial charge in [0.1, 0.15) is 5.75 Å². The van der Waals surface area contributed by atoms with Crippen LogP contribution in [0.15, 0.2) is 52.0 Å². The molecule has 176 valence electrons. The number of rotatable bonds is 8. The quantitative estimate of drug-likeness (QED) is 0.253. The third-order valence-corrected chi connectivity index (χ3v) is 5.28. The van der Waals surface area contributed by atoms with Crippen molar-refractivity contribution in [1.29, 1.82) is 0 Å². The highest BCUT2D eigenvalue weighted by molar-refractivity contribution is 9.10. The largest absolute Gasteiger partial charge is 0.496 e. The molecule has 12 nitrogen and oxygen atoms in total. The number of hydrogen-bond acceptors (Lipinski definition) is 11. The summed E-state index contributed by atoms with van der Waals surface area (Å²) in [6, 6.07) is 11.9. The SMILES string of the molecule is COc1ccc([N+](=O)[O-])cc1/C=N/Nc1nc(Nc2cccc(Br)c2)nc(N2CCOCC2)n1. The molecule has 0 radical (unpaired) electrons. The Morgan fingerprint density at radius 1 is 1.18 bits per heavy atom. The Morgan fingerprint density at radius 2 is 1.97 bits per heavy atom. The molecule has 13 heteroatoms. The summed E-state index contributed by atoms with van der Waals surface area (Å²) in [4.78, 5) is 26.0. The Hall–Kier alpha value is -3.84. The van der Waals surface area contributed by atoms with E-state index in [-0.39, 0.29) is 11.6 Å². The number of nitro groups is 1. The Labute approximate surface area is 203 Å². The molecule has 2 aromatic carbocycles. The van der Waals surface area contributed by atoms with Crippen LogP contribution in [0, 0.1) is 10.1 Å². The number of non-ortho nitro benzene ring substituents is 1. The fourth-order valence-corrected chi connectivity index (χ4v) is 3.57. The lowest BCUT2D eigenvalue weighted by Crippen LogP contribution is -2.37. The molecule has 2 heterocycles. The van der Waals surface area contributed by atoms with Gasteiger partial charge in [-0.15, -0.1) is 0 Å². The molecule has 1 fully saturated rings. The second kappa shape index (κ2) is 10.9. The standard InChI is InChI=1S/C21H21BrN8O4/c1-33-18-6-5-17(30(31)32)11-14(18)13-23-28-20-25-19(24-16-4-2-3-15(22)12-16)26-21(27-20)29-7-9-34-10-8-29/h2-6,11-13H,7-10H2,1H3,(H2,24,25,26,27,28)/b23-13+. The van der Waals surface area contributed by atoms with Crippen LogP contribution in [0.2, 0.25) is 0 Å². The minimum Gasteiger partial charge on any atom is -0.496 e. The van der Waals surface area contributed by atoms with Gasteiger partial charge >= 0.3 is 0 Å². The van der Waals surface area contributed by atoms with E-state index in [1.54, 1.807) is 0 Å². The van der Waals surface area contributed by atoms with E-state index in [0.29, 0.717) is 49.5 Å². The Morgan fingerprint density at radius 3 is 2.71 bits per heavy atom. The van der Waals surface area contributed by atoms with Gasteiger partial charge in [-0.05, 0) is 24.3 Å². The Kier molecular flexibility index (Phi) is 7.44. The molecular weight excluding hydrogens is 508 g/mol. The number of methoxy groups -OCH3 is 1. The topological polar surface area (TPSA) is 140 Å². The molecule has 1 aliphatic heterocycles. The zero-order valence-electron chi connectivity index (χ0n) is 18.1. The highest BCUT2D eigenvalue weighted by atomic mass is 79.9. The molecule has 0 spiro atoms. The predicted octanol–water partition coefficient (Wildman–Crippen LogP) is 3.58. The zero-order valence-corrected chi connectivity index (χ0v) is 19.7. The highest BCUT2D eigenvalue weighted by Crippen LogP contribution is 2.23. The van der Waals surface area contributed by atoms with Gasteiger partial charge in [0.05, 0.1) is 31.5 Å². The Bertz CT molecular complexity index is 1200. The summed E-state index contributed by atoms with van der Waals surface area (Å²) in [5.41, 5.74) is 3.94.